The maximum Gasteiger partial charge on any atom is 0.119 e. The Morgan fingerprint density at radius 2 is 1.89 bits per heavy atom. The second kappa shape index (κ2) is 10.4. The molecule has 2 aromatic carbocycles. The zero-order chi connectivity index (χ0) is 19.8. The highest BCUT2D eigenvalue weighted by Crippen LogP contribution is 2.39. The molecule has 0 bridgehead atoms. The smallest absolute Gasteiger partial charge is 0.119 e. The molecule has 3 rings (SSSR count). The van der Waals surface area contributed by atoms with E-state index in [-0.39, 0.29) is 0 Å². The average molecular weight is 399 g/mol. The third kappa shape index (κ3) is 5.20. The van der Waals surface area contributed by atoms with Crippen molar-refractivity contribution in [2.24, 2.45) is 5.73 Å². The molecule has 28 heavy (non-hydrogen) atoms. The van der Waals surface area contributed by atoms with Gasteiger partial charge in [0.2, 0.25) is 0 Å². The largest absolute Gasteiger partial charge is 0.491 e. The molecule has 1 aliphatic heterocycles. The maximum absolute atomic E-state index is 6.31. The molecule has 0 radical (unpaired) electrons. The Hall–Kier alpha value is -2.19. The van der Waals surface area contributed by atoms with E-state index >= 15 is 0 Å². The predicted molar refractivity (Wildman–Crippen MR) is 116 cm³/mol. The average Bonchev–Trinajstić information content (AvgIpc) is 2.85. The Balaban J connectivity index is 1.81. The van der Waals surface area contributed by atoms with Crippen LogP contribution in [0.3, 0.4) is 0 Å². The summed E-state index contributed by atoms with van der Waals surface area (Å²) < 4.78 is 11.1. The Morgan fingerprint density at radius 3 is 2.71 bits per heavy atom. The van der Waals surface area contributed by atoms with Gasteiger partial charge in [0.25, 0.3) is 0 Å². The summed E-state index contributed by atoms with van der Waals surface area (Å²) in [4.78, 5) is 2.37. The number of unbranched alkanes of at least 4 members (excludes halogenated alkanes) is 1. The summed E-state index contributed by atoms with van der Waals surface area (Å²) in [7, 11) is 0. The monoisotopic (exact) mass is 398 g/mol. The lowest BCUT2D eigenvalue weighted by Gasteiger charge is -2.27. The minimum Gasteiger partial charge on any atom is -0.491 e. The number of aryl methyl sites for hydroxylation is 2. The number of nitrogens with two attached hydrogens (primary N) is 1. The van der Waals surface area contributed by atoms with E-state index in [0.29, 0.717) is 26.4 Å². The first-order valence-corrected chi connectivity index (χ1v) is 10.1. The van der Waals surface area contributed by atoms with Crippen LogP contribution in [0.5, 0.6) is 5.75 Å². The highest BCUT2D eigenvalue weighted by Gasteiger charge is 2.21. The zero-order valence-electron chi connectivity index (χ0n) is 16.1. The summed E-state index contributed by atoms with van der Waals surface area (Å²) in [6.45, 7) is 2.90. The molecule has 1 aliphatic rings. The van der Waals surface area contributed by atoms with Crippen LogP contribution >= 0.6 is 11.6 Å². The Labute approximate surface area is 172 Å². The van der Waals surface area contributed by atoms with Gasteiger partial charge in [-0.25, -0.2) is 0 Å². The summed E-state index contributed by atoms with van der Waals surface area (Å²) in [5.41, 5.74) is 10.7. The Kier molecular flexibility index (Phi) is 7.62. The van der Waals surface area contributed by atoms with Crippen molar-refractivity contribution >= 4 is 23.0 Å². The van der Waals surface area contributed by atoms with Crippen LogP contribution in [-0.2, 0) is 17.6 Å². The molecule has 4 nitrogen and oxygen atoms in total. The van der Waals surface area contributed by atoms with Crippen LogP contribution in [0.15, 0.2) is 36.4 Å². The van der Waals surface area contributed by atoms with Gasteiger partial charge in [0, 0.05) is 22.9 Å². The van der Waals surface area contributed by atoms with E-state index in [1.807, 2.05) is 12.1 Å². The van der Waals surface area contributed by atoms with Crippen molar-refractivity contribution in [2.45, 2.75) is 25.7 Å². The molecule has 0 atom stereocenters. The van der Waals surface area contributed by atoms with Crippen LogP contribution in [0, 0.1) is 12.3 Å². The van der Waals surface area contributed by atoms with E-state index in [4.69, 9.17) is 33.2 Å². The molecule has 0 amide bonds. The van der Waals surface area contributed by atoms with Gasteiger partial charge in [0.15, 0.2) is 0 Å². The molecule has 2 aromatic rings. The van der Waals surface area contributed by atoms with Crippen molar-refractivity contribution in [3.05, 3.63) is 52.5 Å². The molecule has 0 saturated carbocycles. The van der Waals surface area contributed by atoms with Crippen LogP contribution in [0.2, 0.25) is 5.02 Å². The summed E-state index contributed by atoms with van der Waals surface area (Å²) in [5, 5.41) is 0.762. The van der Waals surface area contributed by atoms with Gasteiger partial charge in [-0.1, -0.05) is 23.6 Å². The van der Waals surface area contributed by atoms with Gasteiger partial charge in [-0.15, -0.1) is 6.42 Å². The number of hydrogen-bond donors (Lipinski definition) is 1. The topological polar surface area (TPSA) is 47.7 Å². The van der Waals surface area contributed by atoms with Crippen LogP contribution in [0.25, 0.3) is 0 Å². The van der Waals surface area contributed by atoms with Crippen LogP contribution < -0.4 is 15.4 Å². The lowest BCUT2D eigenvalue weighted by molar-refractivity contribution is 0.124. The van der Waals surface area contributed by atoms with E-state index in [9.17, 15) is 0 Å². The molecule has 0 spiro atoms. The minimum atomic E-state index is 0.312. The number of ether oxygens (including phenoxy) is 2. The van der Waals surface area contributed by atoms with Gasteiger partial charge in [-0.2, -0.15) is 0 Å². The highest BCUT2D eigenvalue weighted by atomic mass is 35.5. The van der Waals surface area contributed by atoms with Crippen LogP contribution in [0.1, 0.15) is 24.0 Å². The van der Waals surface area contributed by atoms with Gasteiger partial charge in [-0.3, -0.25) is 0 Å². The third-order valence-electron chi connectivity index (χ3n) is 4.86. The first-order chi connectivity index (χ1) is 13.7. The first kappa shape index (κ1) is 20.5. The zero-order valence-corrected chi connectivity index (χ0v) is 16.9. The van der Waals surface area contributed by atoms with E-state index in [1.54, 1.807) is 0 Å². The molecule has 0 aromatic heterocycles. The van der Waals surface area contributed by atoms with Gasteiger partial charge in [0.05, 0.1) is 6.61 Å². The van der Waals surface area contributed by atoms with Crippen molar-refractivity contribution in [1.29, 1.82) is 0 Å². The number of halogens is 1. The second-order valence-electron chi connectivity index (χ2n) is 6.82. The molecule has 0 unspecified atom stereocenters. The summed E-state index contributed by atoms with van der Waals surface area (Å²) in [6, 6.07) is 12.5. The van der Waals surface area contributed by atoms with Crippen LogP contribution in [-0.4, -0.2) is 32.9 Å². The van der Waals surface area contributed by atoms with Crippen molar-refractivity contribution in [2.75, 3.05) is 37.8 Å². The molecule has 0 aliphatic carbocycles. The lowest BCUT2D eigenvalue weighted by atomic mass is 10.0. The Bertz CT molecular complexity index is 832. The third-order valence-corrected chi connectivity index (χ3v) is 5.10. The van der Waals surface area contributed by atoms with Gasteiger partial charge >= 0.3 is 0 Å². The van der Waals surface area contributed by atoms with E-state index in [1.165, 1.54) is 22.5 Å². The summed E-state index contributed by atoms with van der Waals surface area (Å²) in [6.07, 6.45) is 9.15. The number of anilines is 2. The summed E-state index contributed by atoms with van der Waals surface area (Å²) in [5.74, 6) is 3.31. The van der Waals surface area contributed by atoms with E-state index in [2.05, 4.69) is 35.1 Å². The normalized spacial score (nSPS) is 12.7. The lowest BCUT2D eigenvalue weighted by Crippen LogP contribution is -2.20. The SMILES string of the molecule is C#CCOCCOc1ccc2c(c1)CCc1ccc(Cl)cc1N2CCCCN. The summed E-state index contributed by atoms with van der Waals surface area (Å²) >= 11 is 6.31. The minimum absolute atomic E-state index is 0.312. The first-order valence-electron chi connectivity index (χ1n) is 9.76. The highest BCUT2D eigenvalue weighted by molar-refractivity contribution is 6.30. The van der Waals surface area contributed by atoms with Crippen molar-refractivity contribution < 1.29 is 9.47 Å². The molecule has 5 heteroatoms. The van der Waals surface area contributed by atoms with E-state index in [0.717, 1.165) is 43.0 Å². The van der Waals surface area contributed by atoms with Crippen molar-refractivity contribution in [1.82, 2.24) is 0 Å². The number of terminal acetylenes is 1. The molecule has 1 heterocycles. The Morgan fingerprint density at radius 1 is 1.04 bits per heavy atom. The number of hydrogen-bond acceptors (Lipinski definition) is 4. The second-order valence-corrected chi connectivity index (χ2v) is 7.25. The predicted octanol–water partition coefficient (Wildman–Crippen LogP) is 4.34. The molecule has 2 N–H and O–H groups in total. The van der Waals surface area contributed by atoms with Gasteiger partial charge in [-0.05, 0) is 73.7 Å². The standard InChI is InChI=1S/C23H27ClN2O2/c1-2-13-27-14-15-28-21-9-10-22-19(16-21)6-5-18-7-8-20(24)17-23(18)26(22)12-4-3-11-25/h1,7-10,16-17H,3-6,11-15,25H2. The molecular formula is C23H27ClN2O2. The van der Waals surface area contributed by atoms with Crippen molar-refractivity contribution in [3.63, 3.8) is 0 Å². The van der Waals surface area contributed by atoms with Gasteiger partial charge < -0.3 is 20.1 Å². The van der Waals surface area contributed by atoms with Crippen molar-refractivity contribution in [3.8, 4) is 18.1 Å². The fourth-order valence-corrected chi connectivity index (χ4v) is 3.69. The molecule has 0 fully saturated rings. The van der Waals surface area contributed by atoms with Crippen LogP contribution in [0.4, 0.5) is 11.4 Å². The van der Waals surface area contributed by atoms with E-state index < -0.39 is 0 Å². The molecular weight excluding hydrogens is 372 g/mol. The molecule has 148 valence electrons. The van der Waals surface area contributed by atoms with Gasteiger partial charge in [0.1, 0.15) is 19.0 Å². The maximum atomic E-state index is 6.31. The number of rotatable bonds is 9. The molecule has 0 saturated heterocycles. The quantitative estimate of drug-likeness (QED) is 0.504. The fraction of sp³-hybridized carbons (Fsp3) is 0.391. The number of nitrogens with zero attached hydrogens (tertiary/aromatic N) is 1. The number of benzene rings is 2. The fourth-order valence-electron chi connectivity index (χ4n) is 3.52. The number of fused-ring (bicyclic) bond motifs is 2.